The van der Waals surface area contributed by atoms with E-state index in [4.69, 9.17) is 0 Å². The van der Waals surface area contributed by atoms with Crippen molar-refractivity contribution in [1.82, 2.24) is 9.47 Å². The minimum atomic E-state index is 0.00909. The lowest BCUT2D eigenvalue weighted by molar-refractivity contribution is -0.0135. The molecule has 2 aromatic rings. The lowest BCUT2D eigenvalue weighted by Gasteiger charge is -2.53. The number of piperidine rings is 1. The van der Waals surface area contributed by atoms with Gasteiger partial charge in [0.2, 0.25) is 5.91 Å². The molecule has 118 valence electrons. The number of Topliss-reactive ketones (excluding diaryl/α,β-unsaturated/α-hetero) is 1. The van der Waals surface area contributed by atoms with Gasteiger partial charge in [-0.2, -0.15) is 0 Å². The Morgan fingerprint density at radius 1 is 1.26 bits per heavy atom. The Balaban J connectivity index is 1.92. The number of hydrogen-bond donors (Lipinski definition) is 0. The van der Waals surface area contributed by atoms with Crippen LogP contribution in [0.1, 0.15) is 59.5 Å². The zero-order chi connectivity index (χ0) is 15.8. The molecular weight excluding hydrogens is 288 g/mol. The number of para-hydroxylation sites is 1. The molecule has 4 nitrogen and oxygen atoms in total. The lowest BCUT2D eigenvalue weighted by atomic mass is 9.64. The van der Waals surface area contributed by atoms with Gasteiger partial charge in [0.15, 0.2) is 5.78 Å². The summed E-state index contributed by atoms with van der Waals surface area (Å²) in [6.07, 6.45) is 3.77. The van der Waals surface area contributed by atoms with Gasteiger partial charge in [-0.15, -0.1) is 0 Å². The van der Waals surface area contributed by atoms with Crippen molar-refractivity contribution < 1.29 is 9.59 Å². The standard InChI is InChI=1S/C19H20N2O2/c1-2-19-8-5-9-20-11-14(22)16-12-6-3-4-7-13(12)21(15(23)10-19)17(16)18(19)20/h3-4,6-7,18H,2,5,8-11H2,1H3/t18-,19+/m1/s1. The van der Waals surface area contributed by atoms with Crippen molar-refractivity contribution in [2.75, 3.05) is 13.1 Å². The van der Waals surface area contributed by atoms with Crippen LogP contribution in [0.4, 0.5) is 0 Å². The third kappa shape index (κ3) is 1.50. The van der Waals surface area contributed by atoms with Gasteiger partial charge < -0.3 is 0 Å². The molecule has 23 heavy (non-hydrogen) atoms. The van der Waals surface area contributed by atoms with Crippen molar-refractivity contribution in [2.24, 2.45) is 5.41 Å². The summed E-state index contributed by atoms with van der Waals surface area (Å²) >= 11 is 0. The molecule has 0 radical (unpaired) electrons. The second-order valence-electron chi connectivity index (χ2n) is 7.30. The largest absolute Gasteiger partial charge is 0.293 e. The summed E-state index contributed by atoms with van der Waals surface area (Å²) in [6, 6.07) is 8.11. The fourth-order valence-electron chi connectivity index (χ4n) is 5.32. The monoisotopic (exact) mass is 308 g/mol. The Hall–Kier alpha value is -1.94. The first-order valence-electron chi connectivity index (χ1n) is 8.60. The molecule has 0 spiro atoms. The Labute approximate surface area is 135 Å². The number of aromatic nitrogens is 1. The molecule has 3 aliphatic heterocycles. The van der Waals surface area contributed by atoms with Gasteiger partial charge in [0.25, 0.3) is 0 Å². The highest BCUT2D eigenvalue weighted by Crippen LogP contribution is 2.56. The van der Waals surface area contributed by atoms with Crippen LogP contribution in [0.5, 0.6) is 0 Å². The summed E-state index contributed by atoms with van der Waals surface area (Å²) < 4.78 is 1.86. The van der Waals surface area contributed by atoms with E-state index in [9.17, 15) is 9.59 Å². The summed E-state index contributed by atoms with van der Waals surface area (Å²) in [4.78, 5) is 28.2. The summed E-state index contributed by atoms with van der Waals surface area (Å²) in [5.74, 6) is 0.338. The van der Waals surface area contributed by atoms with Crippen LogP contribution >= 0.6 is 0 Å². The van der Waals surface area contributed by atoms with Gasteiger partial charge in [-0.25, -0.2) is 0 Å². The zero-order valence-electron chi connectivity index (χ0n) is 13.3. The van der Waals surface area contributed by atoms with Crippen molar-refractivity contribution >= 4 is 22.6 Å². The van der Waals surface area contributed by atoms with Crippen LogP contribution in [0.25, 0.3) is 10.9 Å². The number of carbonyl (C=O) groups excluding carboxylic acids is 2. The van der Waals surface area contributed by atoms with Crippen LogP contribution in [-0.2, 0) is 0 Å². The SMILES string of the molecule is CC[C@]12CCCN3CC(=O)c4c(n(c5ccccc45)C(=O)C1)[C@@H]32. The summed E-state index contributed by atoms with van der Waals surface area (Å²) in [7, 11) is 0. The van der Waals surface area contributed by atoms with Crippen molar-refractivity contribution in [2.45, 2.75) is 38.6 Å². The quantitative estimate of drug-likeness (QED) is 0.810. The first-order chi connectivity index (χ1) is 11.2. The zero-order valence-corrected chi connectivity index (χ0v) is 13.3. The van der Waals surface area contributed by atoms with Crippen LogP contribution in [0.15, 0.2) is 24.3 Å². The van der Waals surface area contributed by atoms with E-state index in [0.29, 0.717) is 13.0 Å². The average Bonchev–Trinajstić information content (AvgIpc) is 2.90. The molecule has 4 heteroatoms. The van der Waals surface area contributed by atoms with Crippen LogP contribution in [0, 0.1) is 5.41 Å². The fourth-order valence-corrected chi connectivity index (χ4v) is 5.32. The maximum absolute atomic E-state index is 13.0. The van der Waals surface area contributed by atoms with E-state index in [1.54, 1.807) is 0 Å². The second-order valence-corrected chi connectivity index (χ2v) is 7.30. The van der Waals surface area contributed by atoms with E-state index in [1.807, 2.05) is 28.8 Å². The Kier molecular flexibility index (Phi) is 2.54. The van der Waals surface area contributed by atoms with E-state index in [-0.39, 0.29) is 23.1 Å². The molecule has 0 aliphatic carbocycles. The minimum Gasteiger partial charge on any atom is -0.293 e. The average molecular weight is 308 g/mol. The van der Waals surface area contributed by atoms with Gasteiger partial charge in [0.1, 0.15) is 0 Å². The highest BCUT2D eigenvalue weighted by Gasteiger charge is 2.54. The van der Waals surface area contributed by atoms with Gasteiger partial charge in [-0.3, -0.25) is 19.1 Å². The van der Waals surface area contributed by atoms with Crippen molar-refractivity contribution in [3.8, 4) is 0 Å². The van der Waals surface area contributed by atoms with E-state index < -0.39 is 0 Å². The topological polar surface area (TPSA) is 42.3 Å². The number of nitrogens with zero attached hydrogens (tertiary/aromatic N) is 2. The van der Waals surface area contributed by atoms with E-state index in [0.717, 1.165) is 48.0 Å². The Bertz CT molecular complexity index is 833. The minimum absolute atomic E-state index is 0.00909. The lowest BCUT2D eigenvalue weighted by Crippen LogP contribution is -2.55. The molecular formula is C19H20N2O2. The van der Waals surface area contributed by atoms with E-state index >= 15 is 0 Å². The van der Waals surface area contributed by atoms with Gasteiger partial charge >= 0.3 is 0 Å². The maximum Gasteiger partial charge on any atom is 0.232 e. The van der Waals surface area contributed by atoms with Crippen LogP contribution in [0.2, 0.25) is 0 Å². The Morgan fingerprint density at radius 3 is 2.91 bits per heavy atom. The summed E-state index contributed by atoms with van der Waals surface area (Å²) in [6.45, 7) is 3.67. The van der Waals surface area contributed by atoms with Crippen molar-refractivity contribution in [3.63, 3.8) is 0 Å². The Morgan fingerprint density at radius 2 is 2.09 bits per heavy atom. The third-order valence-electron chi connectivity index (χ3n) is 6.32. The molecule has 0 bridgehead atoms. The first-order valence-corrected chi connectivity index (χ1v) is 8.60. The number of fused-ring (bicyclic) bond motifs is 3. The van der Waals surface area contributed by atoms with Gasteiger partial charge in [0.05, 0.1) is 23.8 Å². The van der Waals surface area contributed by atoms with Crippen LogP contribution in [0.3, 0.4) is 0 Å². The van der Waals surface area contributed by atoms with Crippen molar-refractivity contribution in [3.05, 3.63) is 35.5 Å². The molecule has 0 N–H and O–H groups in total. The molecule has 1 aromatic carbocycles. The van der Waals surface area contributed by atoms with Gasteiger partial charge in [-0.05, 0) is 31.9 Å². The molecule has 0 unspecified atom stereocenters. The molecule has 4 heterocycles. The number of benzene rings is 1. The molecule has 1 fully saturated rings. The highest BCUT2D eigenvalue weighted by molar-refractivity contribution is 6.14. The predicted molar refractivity (Wildman–Crippen MR) is 87.8 cm³/mol. The number of carbonyl (C=O) groups is 2. The smallest absolute Gasteiger partial charge is 0.232 e. The molecule has 0 amide bonds. The number of rotatable bonds is 1. The fraction of sp³-hybridized carbons (Fsp3) is 0.474. The molecule has 1 saturated heterocycles. The number of hydrogen-bond acceptors (Lipinski definition) is 3. The molecule has 5 rings (SSSR count). The molecule has 3 aliphatic rings. The molecule has 0 saturated carbocycles. The predicted octanol–water partition coefficient (Wildman–Crippen LogP) is 3.41. The van der Waals surface area contributed by atoms with Crippen LogP contribution in [-0.4, -0.2) is 34.2 Å². The molecule has 1 aromatic heterocycles. The van der Waals surface area contributed by atoms with E-state index in [1.165, 1.54) is 0 Å². The van der Waals surface area contributed by atoms with Crippen molar-refractivity contribution in [1.29, 1.82) is 0 Å². The third-order valence-corrected chi connectivity index (χ3v) is 6.32. The maximum atomic E-state index is 13.0. The molecule has 2 atom stereocenters. The van der Waals surface area contributed by atoms with E-state index in [2.05, 4.69) is 11.8 Å². The summed E-state index contributed by atoms with van der Waals surface area (Å²) in [5.41, 5.74) is 2.72. The normalized spacial score (nSPS) is 29.9. The number of ketones is 1. The second kappa shape index (κ2) is 4.32. The first kappa shape index (κ1) is 13.5. The van der Waals surface area contributed by atoms with Crippen LogP contribution < -0.4 is 0 Å². The summed E-state index contributed by atoms with van der Waals surface area (Å²) in [5, 5.41) is 0.956. The van der Waals surface area contributed by atoms with Gasteiger partial charge in [0, 0.05) is 22.8 Å². The van der Waals surface area contributed by atoms with Gasteiger partial charge in [-0.1, -0.05) is 25.1 Å². The highest BCUT2D eigenvalue weighted by atomic mass is 16.2.